The predicted molar refractivity (Wildman–Crippen MR) is 95.1 cm³/mol. The number of para-hydroxylation sites is 1. The van der Waals surface area contributed by atoms with Crippen LogP contribution in [-0.4, -0.2) is 18.8 Å². The molecule has 0 saturated heterocycles. The van der Waals surface area contributed by atoms with E-state index < -0.39 is 0 Å². The third-order valence-corrected chi connectivity index (χ3v) is 4.87. The van der Waals surface area contributed by atoms with Crippen LogP contribution in [0.3, 0.4) is 0 Å². The number of hydrogen-bond donors (Lipinski definition) is 1. The summed E-state index contributed by atoms with van der Waals surface area (Å²) in [6.45, 7) is 0.485. The minimum absolute atomic E-state index is 0.0305. The summed E-state index contributed by atoms with van der Waals surface area (Å²) in [6.07, 6.45) is 0. The van der Waals surface area contributed by atoms with Crippen LogP contribution in [-0.2, 0) is 17.1 Å². The topological polar surface area (TPSA) is 38.3 Å². The molecule has 0 radical (unpaired) electrons. The quantitative estimate of drug-likeness (QED) is 0.789. The van der Waals surface area contributed by atoms with Gasteiger partial charge >= 0.3 is 0 Å². The Hall–Kier alpha value is -1.46. The molecule has 0 saturated carbocycles. The van der Waals surface area contributed by atoms with Crippen molar-refractivity contribution in [2.24, 2.45) is 0 Å². The summed E-state index contributed by atoms with van der Waals surface area (Å²) < 4.78 is 6.35. The second kappa shape index (κ2) is 8.86. The van der Waals surface area contributed by atoms with Gasteiger partial charge in [-0.05, 0) is 17.7 Å². The van der Waals surface area contributed by atoms with E-state index in [9.17, 15) is 4.79 Å². The van der Waals surface area contributed by atoms with Crippen molar-refractivity contribution in [2.75, 3.05) is 12.9 Å². The van der Waals surface area contributed by atoms with Gasteiger partial charge in [0.25, 0.3) is 0 Å². The van der Waals surface area contributed by atoms with Crippen LogP contribution in [0.4, 0.5) is 0 Å². The van der Waals surface area contributed by atoms with E-state index in [1.807, 2.05) is 42.5 Å². The minimum Gasteiger partial charge on any atom is -0.496 e. The van der Waals surface area contributed by atoms with Gasteiger partial charge in [0.1, 0.15) is 5.75 Å². The lowest BCUT2D eigenvalue weighted by molar-refractivity contribution is -0.118. The first-order valence-corrected chi connectivity index (χ1v) is 8.85. The molecule has 0 spiro atoms. The number of benzene rings is 2. The number of rotatable bonds is 7. The highest BCUT2D eigenvalue weighted by atomic mass is 79.9. The van der Waals surface area contributed by atoms with Crippen molar-refractivity contribution in [1.82, 2.24) is 5.32 Å². The average molecular weight is 380 g/mol. The maximum Gasteiger partial charge on any atom is 0.230 e. The summed E-state index contributed by atoms with van der Waals surface area (Å²) in [6, 6.07) is 15.8. The maximum atomic E-state index is 11.9. The molecule has 116 valence electrons. The normalized spacial score (nSPS) is 10.3. The van der Waals surface area contributed by atoms with Gasteiger partial charge in [0.15, 0.2) is 0 Å². The highest BCUT2D eigenvalue weighted by Crippen LogP contribution is 2.21. The molecule has 0 aliphatic carbocycles. The number of methoxy groups -OCH3 is 1. The Morgan fingerprint density at radius 2 is 1.82 bits per heavy atom. The van der Waals surface area contributed by atoms with Crippen LogP contribution in [0.25, 0.3) is 0 Å². The van der Waals surface area contributed by atoms with Crippen LogP contribution in [0, 0.1) is 0 Å². The Balaban J connectivity index is 1.75. The Morgan fingerprint density at radius 3 is 2.55 bits per heavy atom. The van der Waals surface area contributed by atoms with Crippen LogP contribution in [0.15, 0.2) is 53.0 Å². The summed E-state index contributed by atoms with van der Waals surface area (Å²) in [5, 5.41) is 2.92. The van der Waals surface area contributed by atoms with Gasteiger partial charge in [-0.1, -0.05) is 52.3 Å². The van der Waals surface area contributed by atoms with E-state index in [2.05, 4.69) is 27.3 Å². The first kappa shape index (κ1) is 16.9. The molecule has 0 aromatic heterocycles. The highest BCUT2D eigenvalue weighted by molar-refractivity contribution is 9.10. The van der Waals surface area contributed by atoms with Crippen LogP contribution in [0.2, 0.25) is 0 Å². The zero-order valence-electron chi connectivity index (χ0n) is 12.3. The van der Waals surface area contributed by atoms with E-state index in [0.29, 0.717) is 12.3 Å². The molecule has 0 fully saturated rings. The third kappa shape index (κ3) is 5.07. The first-order valence-electron chi connectivity index (χ1n) is 6.90. The van der Waals surface area contributed by atoms with Crippen LogP contribution < -0.4 is 10.1 Å². The fourth-order valence-electron chi connectivity index (χ4n) is 1.96. The number of amides is 1. The van der Waals surface area contributed by atoms with Crippen LogP contribution in [0.5, 0.6) is 5.75 Å². The van der Waals surface area contributed by atoms with Gasteiger partial charge in [0.2, 0.25) is 5.91 Å². The molecule has 2 rings (SSSR count). The molecular weight excluding hydrogens is 362 g/mol. The molecule has 0 unspecified atom stereocenters. The molecule has 0 atom stereocenters. The van der Waals surface area contributed by atoms with Crippen molar-refractivity contribution in [3.8, 4) is 5.75 Å². The van der Waals surface area contributed by atoms with E-state index in [1.54, 1.807) is 18.9 Å². The lowest BCUT2D eigenvalue weighted by Crippen LogP contribution is -2.24. The zero-order valence-corrected chi connectivity index (χ0v) is 14.7. The van der Waals surface area contributed by atoms with E-state index in [1.165, 1.54) is 5.56 Å². The van der Waals surface area contributed by atoms with Crippen molar-refractivity contribution >= 4 is 33.6 Å². The largest absolute Gasteiger partial charge is 0.496 e. The maximum absolute atomic E-state index is 11.9. The van der Waals surface area contributed by atoms with E-state index in [0.717, 1.165) is 21.5 Å². The lowest BCUT2D eigenvalue weighted by Gasteiger charge is -2.09. The monoisotopic (exact) mass is 379 g/mol. The summed E-state index contributed by atoms with van der Waals surface area (Å²) in [4.78, 5) is 11.9. The van der Waals surface area contributed by atoms with Crippen molar-refractivity contribution in [3.05, 3.63) is 64.1 Å². The zero-order chi connectivity index (χ0) is 15.8. The van der Waals surface area contributed by atoms with Crippen molar-refractivity contribution < 1.29 is 9.53 Å². The number of nitrogens with one attached hydrogen (secondary N) is 1. The standard InChI is InChI=1S/C17H18BrNO2S/c1-21-16-9-5-3-6-13(16)10-19-17(20)12-22-11-14-7-2-4-8-15(14)18/h2-9H,10-12H2,1H3,(H,19,20). The van der Waals surface area contributed by atoms with E-state index >= 15 is 0 Å². The van der Waals surface area contributed by atoms with Crippen molar-refractivity contribution in [3.63, 3.8) is 0 Å². The molecule has 2 aromatic carbocycles. The van der Waals surface area contributed by atoms with Gasteiger partial charge in [-0.2, -0.15) is 0 Å². The molecule has 0 aliphatic heterocycles. The molecule has 0 heterocycles. The highest BCUT2D eigenvalue weighted by Gasteiger charge is 2.06. The van der Waals surface area contributed by atoms with Gasteiger partial charge in [0.05, 0.1) is 12.9 Å². The first-order chi connectivity index (χ1) is 10.7. The average Bonchev–Trinajstić information content (AvgIpc) is 2.55. The molecule has 22 heavy (non-hydrogen) atoms. The SMILES string of the molecule is COc1ccccc1CNC(=O)CSCc1ccccc1Br. The molecule has 3 nitrogen and oxygen atoms in total. The fraction of sp³-hybridized carbons (Fsp3) is 0.235. The molecule has 1 amide bonds. The number of carbonyl (C=O) groups excluding carboxylic acids is 1. The third-order valence-electron chi connectivity index (χ3n) is 3.12. The second-order valence-electron chi connectivity index (χ2n) is 4.67. The summed E-state index contributed by atoms with van der Waals surface area (Å²) in [7, 11) is 1.63. The van der Waals surface area contributed by atoms with E-state index in [4.69, 9.17) is 4.74 Å². The smallest absolute Gasteiger partial charge is 0.230 e. The number of hydrogen-bond acceptors (Lipinski definition) is 3. The fourth-order valence-corrected chi connectivity index (χ4v) is 3.43. The van der Waals surface area contributed by atoms with Crippen molar-refractivity contribution in [2.45, 2.75) is 12.3 Å². The Labute approximate surface area is 143 Å². The molecule has 1 N–H and O–H groups in total. The molecule has 2 aromatic rings. The van der Waals surface area contributed by atoms with Crippen LogP contribution in [0.1, 0.15) is 11.1 Å². The van der Waals surface area contributed by atoms with Gasteiger partial charge < -0.3 is 10.1 Å². The Bertz CT molecular complexity index is 634. The van der Waals surface area contributed by atoms with Crippen molar-refractivity contribution in [1.29, 1.82) is 0 Å². The number of halogens is 1. The van der Waals surface area contributed by atoms with Gasteiger partial charge in [-0.25, -0.2) is 0 Å². The van der Waals surface area contributed by atoms with Gasteiger partial charge in [0, 0.05) is 22.3 Å². The summed E-state index contributed by atoms with van der Waals surface area (Å²) in [5.74, 6) is 2.08. The van der Waals surface area contributed by atoms with Gasteiger partial charge in [-0.3, -0.25) is 4.79 Å². The summed E-state index contributed by atoms with van der Waals surface area (Å²) in [5.41, 5.74) is 2.18. The Kier molecular flexibility index (Phi) is 6.80. The lowest BCUT2D eigenvalue weighted by atomic mass is 10.2. The number of ether oxygens (including phenoxy) is 1. The van der Waals surface area contributed by atoms with E-state index in [-0.39, 0.29) is 5.91 Å². The number of carbonyl (C=O) groups is 1. The second-order valence-corrected chi connectivity index (χ2v) is 6.51. The van der Waals surface area contributed by atoms with Crippen LogP contribution >= 0.6 is 27.7 Å². The van der Waals surface area contributed by atoms with Gasteiger partial charge in [-0.15, -0.1) is 11.8 Å². The molecule has 5 heteroatoms. The predicted octanol–water partition coefficient (Wildman–Crippen LogP) is 4.01. The summed E-state index contributed by atoms with van der Waals surface area (Å²) >= 11 is 5.11. The molecular formula is C17H18BrNO2S. The molecule has 0 bridgehead atoms. The Morgan fingerprint density at radius 1 is 1.14 bits per heavy atom. The minimum atomic E-state index is 0.0305. The number of thioether (sulfide) groups is 1. The molecule has 0 aliphatic rings.